The summed E-state index contributed by atoms with van der Waals surface area (Å²) in [6.07, 6.45) is 3.89. The second kappa shape index (κ2) is 6.41. The molecule has 0 amide bonds. The number of para-hydroxylation sites is 2. The fourth-order valence-electron chi connectivity index (χ4n) is 2.04. The highest BCUT2D eigenvalue weighted by Crippen LogP contribution is 2.19. The molecule has 0 N–H and O–H groups in total. The molecule has 2 aromatic carbocycles. The molecule has 3 rings (SSSR count). The van der Waals surface area contributed by atoms with Crippen molar-refractivity contribution in [3.05, 3.63) is 65.0 Å². The van der Waals surface area contributed by atoms with Gasteiger partial charge in [0.1, 0.15) is 7.05 Å². The van der Waals surface area contributed by atoms with E-state index in [0.29, 0.717) is 0 Å². The molecule has 2 nitrogen and oxygen atoms in total. The molecule has 102 valence electrons. The van der Waals surface area contributed by atoms with Crippen molar-refractivity contribution in [3.63, 3.8) is 0 Å². The van der Waals surface area contributed by atoms with E-state index in [0.717, 1.165) is 27.6 Å². The van der Waals surface area contributed by atoms with Gasteiger partial charge < -0.3 is 28.4 Å². The van der Waals surface area contributed by atoms with Crippen molar-refractivity contribution < 1.29 is 33.0 Å². The van der Waals surface area contributed by atoms with Crippen molar-refractivity contribution in [1.82, 2.24) is 0 Å². The Morgan fingerprint density at radius 1 is 1.00 bits per heavy atom. The standard InChI is InChI=1S/C16H13ClNO.HI/c1-18-14-8-4-5-9-15(14)19-16(18)11-10-12-6-2-3-7-13(12)17;/h2-11H,1H3;1H/q+1;/p-1/b11-10+;. The van der Waals surface area contributed by atoms with Crippen molar-refractivity contribution in [2.24, 2.45) is 7.05 Å². The van der Waals surface area contributed by atoms with Crippen LogP contribution in [-0.2, 0) is 7.05 Å². The maximum absolute atomic E-state index is 6.12. The van der Waals surface area contributed by atoms with Crippen LogP contribution in [0.3, 0.4) is 0 Å². The molecule has 0 bridgehead atoms. The van der Waals surface area contributed by atoms with Crippen LogP contribution in [0.5, 0.6) is 0 Å². The molecule has 20 heavy (non-hydrogen) atoms. The minimum atomic E-state index is 0. The van der Waals surface area contributed by atoms with Crippen LogP contribution in [0.2, 0.25) is 5.02 Å². The summed E-state index contributed by atoms with van der Waals surface area (Å²) in [5.41, 5.74) is 2.93. The molecule has 4 heteroatoms. The van der Waals surface area contributed by atoms with E-state index in [1.807, 2.05) is 72.3 Å². The first-order valence-corrected chi connectivity index (χ1v) is 6.44. The molecule has 1 aromatic heterocycles. The van der Waals surface area contributed by atoms with Gasteiger partial charge in [-0.25, -0.2) is 0 Å². The van der Waals surface area contributed by atoms with Crippen molar-refractivity contribution >= 4 is 34.9 Å². The van der Waals surface area contributed by atoms with Gasteiger partial charge in [0.25, 0.3) is 5.52 Å². The largest absolute Gasteiger partial charge is 1.00 e. The summed E-state index contributed by atoms with van der Waals surface area (Å²) in [4.78, 5) is 0. The van der Waals surface area contributed by atoms with Crippen molar-refractivity contribution in [2.75, 3.05) is 0 Å². The Bertz CT molecular complexity index is 764. The molecular weight excluding hydrogens is 385 g/mol. The predicted octanol–water partition coefficient (Wildman–Crippen LogP) is 1.09. The molecule has 0 spiro atoms. The van der Waals surface area contributed by atoms with Gasteiger partial charge in [-0.3, -0.25) is 0 Å². The highest BCUT2D eigenvalue weighted by molar-refractivity contribution is 6.32. The van der Waals surface area contributed by atoms with Crippen molar-refractivity contribution in [1.29, 1.82) is 0 Å². The number of nitrogens with zero attached hydrogens (tertiary/aromatic N) is 1. The zero-order chi connectivity index (χ0) is 13.2. The SMILES string of the molecule is C[n+]1c(/C=C/c2ccccc2Cl)oc2ccccc21.[I-]. The molecule has 0 radical (unpaired) electrons. The van der Waals surface area contributed by atoms with Crippen LogP contribution in [-0.4, -0.2) is 0 Å². The van der Waals surface area contributed by atoms with Gasteiger partial charge in [0.15, 0.2) is 0 Å². The minimum Gasteiger partial charge on any atom is -1.00 e. The van der Waals surface area contributed by atoms with E-state index >= 15 is 0 Å². The van der Waals surface area contributed by atoms with Crippen LogP contribution < -0.4 is 28.5 Å². The molecule has 0 aliphatic carbocycles. The number of halogens is 2. The zero-order valence-electron chi connectivity index (χ0n) is 10.9. The van der Waals surface area contributed by atoms with E-state index in [1.165, 1.54) is 0 Å². The Balaban J connectivity index is 0.00000147. The quantitative estimate of drug-likeness (QED) is 0.467. The van der Waals surface area contributed by atoms with E-state index in [-0.39, 0.29) is 24.0 Å². The van der Waals surface area contributed by atoms with Gasteiger partial charge in [0.2, 0.25) is 5.58 Å². The molecule has 1 heterocycles. The normalized spacial score (nSPS) is 10.9. The maximum atomic E-state index is 6.12. The highest BCUT2D eigenvalue weighted by atomic mass is 127. The van der Waals surface area contributed by atoms with Gasteiger partial charge in [-0.05, 0) is 23.8 Å². The minimum absolute atomic E-state index is 0. The second-order valence-electron chi connectivity index (χ2n) is 4.32. The Hall–Kier alpha value is -1.33. The third-order valence-electron chi connectivity index (χ3n) is 3.08. The van der Waals surface area contributed by atoms with E-state index in [4.69, 9.17) is 16.0 Å². The number of fused-ring (bicyclic) bond motifs is 1. The smallest absolute Gasteiger partial charge is 0.373 e. The van der Waals surface area contributed by atoms with E-state index in [1.54, 1.807) is 0 Å². The molecule has 0 saturated heterocycles. The van der Waals surface area contributed by atoms with Crippen LogP contribution in [0.4, 0.5) is 0 Å². The average Bonchev–Trinajstić information content (AvgIpc) is 2.75. The fourth-order valence-corrected chi connectivity index (χ4v) is 2.24. The van der Waals surface area contributed by atoms with Crippen molar-refractivity contribution in [3.8, 4) is 0 Å². The van der Waals surface area contributed by atoms with Gasteiger partial charge in [-0.1, -0.05) is 41.9 Å². The van der Waals surface area contributed by atoms with Gasteiger partial charge in [0, 0.05) is 11.1 Å². The Morgan fingerprint density at radius 3 is 2.45 bits per heavy atom. The van der Waals surface area contributed by atoms with Gasteiger partial charge in [-0.2, -0.15) is 4.57 Å². The van der Waals surface area contributed by atoms with Gasteiger partial charge in [0.05, 0.1) is 6.08 Å². The molecule has 0 atom stereocenters. The summed E-state index contributed by atoms with van der Waals surface area (Å²) in [6.45, 7) is 0. The lowest BCUT2D eigenvalue weighted by Gasteiger charge is -1.94. The summed E-state index contributed by atoms with van der Waals surface area (Å²) in [5, 5.41) is 0.734. The Kier molecular flexibility index (Phi) is 4.83. The molecule has 3 aromatic rings. The average molecular weight is 398 g/mol. The van der Waals surface area contributed by atoms with Crippen LogP contribution in [0, 0.1) is 0 Å². The summed E-state index contributed by atoms with van der Waals surface area (Å²) >= 11 is 6.12. The molecule has 0 saturated carbocycles. The number of aromatic nitrogens is 1. The first-order chi connectivity index (χ1) is 9.25. The lowest BCUT2D eigenvalue weighted by molar-refractivity contribution is -0.651. The third-order valence-corrected chi connectivity index (χ3v) is 3.43. The number of oxazole rings is 1. The molecule has 0 fully saturated rings. The predicted molar refractivity (Wildman–Crippen MR) is 77.8 cm³/mol. The van der Waals surface area contributed by atoms with Crippen LogP contribution in [0.1, 0.15) is 11.5 Å². The lowest BCUT2D eigenvalue weighted by Crippen LogP contribution is -3.00. The number of hydrogen-bond donors (Lipinski definition) is 0. The highest BCUT2D eigenvalue weighted by Gasteiger charge is 2.15. The maximum Gasteiger partial charge on any atom is 0.373 e. The first kappa shape index (κ1) is 15.1. The third kappa shape index (κ3) is 2.88. The Labute approximate surface area is 139 Å². The number of hydrogen-bond acceptors (Lipinski definition) is 1. The second-order valence-corrected chi connectivity index (χ2v) is 4.73. The summed E-state index contributed by atoms with van der Waals surface area (Å²) in [6, 6.07) is 15.7. The zero-order valence-corrected chi connectivity index (χ0v) is 13.8. The van der Waals surface area contributed by atoms with Crippen LogP contribution in [0.25, 0.3) is 23.3 Å². The topological polar surface area (TPSA) is 17.0 Å². The molecule has 0 unspecified atom stereocenters. The fraction of sp³-hybridized carbons (Fsp3) is 0.0625. The van der Waals surface area contributed by atoms with E-state index in [2.05, 4.69) is 0 Å². The number of aryl methyl sites for hydroxylation is 1. The summed E-state index contributed by atoms with van der Waals surface area (Å²) in [5.74, 6) is 0.793. The van der Waals surface area contributed by atoms with Crippen LogP contribution in [0.15, 0.2) is 52.9 Å². The summed E-state index contributed by atoms with van der Waals surface area (Å²) in [7, 11) is 1.98. The number of benzene rings is 2. The number of rotatable bonds is 2. The molecular formula is C16H13ClINO. The van der Waals surface area contributed by atoms with E-state index in [9.17, 15) is 0 Å². The van der Waals surface area contributed by atoms with Gasteiger partial charge >= 0.3 is 5.89 Å². The lowest BCUT2D eigenvalue weighted by atomic mass is 10.2. The van der Waals surface area contributed by atoms with E-state index < -0.39 is 0 Å². The van der Waals surface area contributed by atoms with Gasteiger partial charge in [-0.15, -0.1) is 0 Å². The first-order valence-electron chi connectivity index (χ1n) is 6.06. The van der Waals surface area contributed by atoms with Crippen LogP contribution >= 0.6 is 11.6 Å². The monoisotopic (exact) mass is 397 g/mol. The van der Waals surface area contributed by atoms with Crippen molar-refractivity contribution in [2.45, 2.75) is 0 Å². The Morgan fingerprint density at radius 2 is 1.70 bits per heavy atom. The summed E-state index contributed by atoms with van der Waals surface area (Å²) < 4.78 is 7.81. The molecule has 0 aliphatic rings. The molecule has 0 aliphatic heterocycles.